The second kappa shape index (κ2) is 5.56. The highest BCUT2D eigenvalue weighted by atomic mass is 32.2. The molecule has 6 nitrogen and oxygen atoms in total. The molecule has 8 heteroatoms. The molecule has 2 rings (SSSR count). The molecule has 2 heterocycles. The summed E-state index contributed by atoms with van der Waals surface area (Å²) < 4.78 is 26.4. The largest absolute Gasteiger partial charge is 0.476 e. The summed E-state index contributed by atoms with van der Waals surface area (Å²) in [6.07, 6.45) is 3.40. The SMILES string of the molecule is CCC1CCCCN1S(=O)(=O)c1scnc1C(=O)O. The molecule has 19 heavy (non-hydrogen) atoms. The van der Waals surface area contributed by atoms with Gasteiger partial charge in [0.2, 0.25) is 0 Å². The summed E-state index contributed by atoms with van der Waals surface area (Å²) in [4.78, 5) is 14.7. The second-order valence-corrected chi connectivity index (χ2v) is 7.41. The van der Waals surface area contributed by atoms with Gasteiger partial charge in [-0.2, -0.15) is 4.31 Å². The van der Waals surface area contributed by atoms with Crippen LogP contribution >= 0.6 is 11.3 Å². The topological polar surface area (TPSA) is 87.6 Å². The van der Waals surface area contributed by atoms with Crippen LogP contribution in [-0.4, -0.2) is 41.4 Å². The number of nitrogens with zero attached hydrogens (tertiary/aromatic N) is 2. The van der Waals surface area contributed by atoms with E-state index in [4.69, 9.17) is 5.11 Å². The molecule has 106 valence electrons. The Labute approximate surface area is 116 Å². The zero-order valence-electron chi connectivity index (χ0n) is 10.6. The number of hydrogen-bond donors (Lipinski definition) is 1. The highest BCUT2D eigenvalue weighted by molar-refractivity contribution is 7.91. The van der Waals surface area contributed by atoms with Gasteiger partial charge in [-0.3, -0.25) is 0 Å². The van der Waals surface area contributed by atoms with Crippen LogP contribution in [0.1, 0.15) is 43.1 Å². The van der Waals surface area contributed by atoms with Gasteiger partial charge in [0.15, 0.2) is 9.90 Å². The molecule has 1 aromatic heterocycles. The molecule has 0 aliphatic carbocycles. The molecule has 1 N–H and O–H groups in total. The number of thiazole rings is 1. The van der Waals surface area contributed by atoms with E-state index in [9.17, 15) is 13.2 Å². The third kappa shape index (κ3) is 2.65. The van der Waals surface area contributed by atoms with Crippen LogP contribution in [0.15, 0.2) is 9.72 Å². The second-order valence-electron chi connectivity index (χ2n) is 4.47. The van der Waals surface area contributed by atoms with Gasteiger partial charge in [-0.05, 0) is 19.3 Å². The van der Waals surface area contributed by atoms with Crippen molar-refractivity contribution >= 4 is 27.3 Å². The van der Waals surface area contributed by atoms with Crippen molar-refractivity contribution in [2.45, 2.75) is 42.9 Å². The Morgan fingerprint density at radius 1 is 1.58 bits per heavy atom. The van der Waals surface area contributed by atoms with Crippen LogP contribution < -0.4 is 0 Å². The average Bonchev–Trinajstić information content (AvgIpc) is 2.88. The number of rotatable bonds is 4. The number of carboxylic acid groups (broad SMARTS) is 1. The molecule has 0 saturated carbocycles. The number of aromatic carboxylic acids is 1. The fraction of sp³-hybridized carbons (Fsp3) is 0.636. The van der Waals surface area contributed by atoms with E-state index in [0.717, 1.165) is 37.0 Å². The Balaban J connectivity index is 2.41. The maximum Gasteiger partial charge on any atom is 0.356 e. The zero-order chi connectivity index (χ0) is 14.0. The van der Waals surface area contributed by atoms with Crippen LogP contribution in [0.3, 0.4) is 0 Å². The van der Waals surface area contributed by atoms with Crippen molar-refractivity contribution in [1.29, 1.82) is 0 Å². The summed E-state index contributed by atoms with van der Waals surface area (Å²) in [7, 11) is -3.75. The van der Waals surface area contributed by atoms with Gasteiger partial charge in [0.25, 0.3) is 10.0 Å². The normalized spacial score (nSPS) is 21.4. The summed E-state index contributed by atoms with van der Waals surface area (Å²) in [5.74, 6) is -1.30. The third-order valence-electron chi connectivity index (χ3n) is 3.32. The smallest absolute Gasteiger partial charge is 0.356 e. The van der Waals surface area contributed by atoms with Gasteiger partial charge in [-0.15, -0.1) is 11.3 Å². The van der Waals surface area contributed by atoms with E-state index < -0.39 is 16.0 Å². The highest BCUT2D eigenvalue weighted by Gasteiger charge is 2.36. The van der Waals surface area contributed by atoms with Gasteiger partial charge < -0.3 is 5.11 Å². The monoisotopic (exact) mass is 304 g/mol. The molecular formula is C11H16N2O4S2. The standard InChI is InChI=1S/C11H16N2O4S2/c1-2-8-5-3-4-6-13(8)19(16,17)11-9(10(14)15)12-7-18-11/h7-8H,2-6H2,1H3,(H,14,15). The van der Waals surface area contributed by atoms with Crippen molar-refractivity contribution in [3.63, 3.8) is 0 Å². The van der Waals surface area contributed by atoms with Crippen LogP contribution in [-0.2, 0) is 10.0 Å². The lowest BCUT2D eigenvalue weighted by Crippen LogP contribution is -2.43. The predicted octanol–water partition coefficient (Wildman–Crippen LogP) is 1.79. The average molecular weight is 304 g/mol. The Bertz CT molecular complexity index is 567. The van der Waals surface area contributed by atoms with Crippen molar-refractivity contribution < 1.29 is 18.3 Å². The molecular weight excluding hydrogens is 288 g/mol. The van der Waals surface area contributed by atoms with Crippen molar-refractivity contribution in [2.75, 3.05) is 6.54 Å². The molecule has 1 aliphatic rings. The van der Waals surface area contributed by atoms with E-state index in [2.05, 4.69) is 4.98 Å². The molecule has 1 aromatic rings. The Morgan fingerprint density at radius 3 is 2.95 bits per heavy atom. The van der Waals surface area contributed by atoms with Gasteiger partial charge in [-0.25, -0.2) is 18.2 Å². The van der Waals surface area contributed by atoms with Crippen molar-refractivity contribution in [1.82, 2.24) is 9.29 Å². The molecule has 1 aliphatic heterocycles. The van der Waals surface area contributed by atoms with Gasteiger partial charge in [-0.1, -0.05) is 13.3 Å². The van der Waals surface area contributed by atoms with Gasteiger partial charge in [0.1, 0.15) is 0 Å². The first-order chi connectivity index (χ1) is 8.98. The van der Waals surface area contributed by atoms with Crippen molar-refractivity contribution in [2.24, 2.45) is 0 Å². The summed E-state index contributed by atoms with van der Waals surface area (Å²) in [5, 5.41) is 9.00. The quantitative estimate of drug-likeness (QED) is 0.916. The molecule has 0 radical (unpaired) electrons. The molecule has 0 spiro atoms. The number of carbonyl (C=O) groups is 1. The van der Waals surface area contributed by atoms with Crippen LogP contribution in [0.2, 0.25) is 0 Å². The lowest BCUT2D eigenvalue weighted by molar-refractivity contribution is 0.0687. The summed E-state index contributed by atoms with van der Waals surface area (Å²) >= 11 is 0.869. The summed E-state index contributed by atoms with van der Waals surface area (Å²) in [5.41, 5.74) is 0.895. The van der Waals surface area contributed by atoms with Crippen LogP contribution in [0.25, 0.3) is 0 Å². The first-order valence-electron chi connectivity index (χ1n) is 6.17. The minimum Gasteiger partial charge on any atom is -0.476 e. The number of hydrogen-bond acceptors (Lipinski definition) is 5. The van der Waals surface area contributed by atoms with Crippen LogP contribution in [0.4, 0.5) is 0 Å². The fourth-order valence-corrected chi connectivity index (χ4v) is 5.39. The van der Waals surface area contributed by atoms with Crippen LogP contribution in [0.5, 0.6) is 0 Å². The summed E-state index contributed by atoms with van der Waals surface area (Å²) in [6, 6.07) is -0.0394. The Hall–Kier alpha value is -0.990. The minimum atomic E-state index is -3.75. The number of aromatic nitrogens is 1. The Morgan fingerprint density at radius 2 is 2.32 bits per heavy atom. The van der Waals surface area contributed by atoms with Crippen molar-refractivity contribution in [3.05, 3.63) is 11.2 Å². The van der Waals surface area contributed by atoms with E-state index in [1.807, 2.05) is 6.92 Å². The highest BCUT2D eigenvalue weighted by Crippen LogP contribution is 2.30. The molecule has 1 unspecified atom stereocenters. The lowest BCUT2D eigenvalue weighted by atomic mass is 10.0. The molecule has 1 fully saturated rings. The van der Waals surface area contributed by atoms with Crippen LogP contribution in [0, 0.1) is 0 Å². The predicted molar refractivity (Wildman–Crippen MR) is 70.9 cm³/mol. The summed E-state index contributed by atoms with van der Waals surface area (Å²) in [6.45, 7) is 2.40. The molecule has 0 aromatic carbocycles. The molecule has 1 saturated heterocycles. The molecule has 0 amide bonds. The van der Waals surface area contributed by atoms with Crippen molar-refractivity contribution in [3.8, 4) is 0 Å². The number of piperidine rings is 1. The Kier molecular flexibility index (Phi) is 4.22. The van der Waals surface area contributed by atoms with E-state index in [-0.39, 0.29) is 15.9 Å². The number of carboxylic acids is 1. The van der Waals surface area contributed by atoms with E-state index in [1.165, 1.54) is 9.82 Å². The lowest BCUT2D eigenvalue weighted by Gasteiger charge is -2.33. The zero-order valence-corrected chi connectivity index (χ0v) is 12.2. The minimum absolute atomic E-state index is 0.0394. The van der Waals surface area contributed by atoms with E-state index in [0.29, 0.717) is 6.54 Å². The third-order valence-corrected chi connectivity index (χ3v) is 6.62. The maximum absolute atomic E-state index is 12.6. The van der Waals surface area contributed by atoms with Gasteiger partial charge in [0, 0.05) is 12.6 Å². The van der Waals surface area contributed by atoms with E-state index >= 15 is 0 Å². The van der Waals surface area contributed by atoms with Gasteiger partial charge in [0.05, 0.1) is 5.51 Å². The molecule has 1 atom stereocenters. The van der Waals surface area contributed by atoms with E-state index in [1.54, 1.807) is 0 Å². The first-order valence-corrected chi connectivity index (χ1v) is 8.49. The first kappa shape index (κ1) is 14.4. The van der Waals surface area contributed by atoms with Gasteiger partial charge >= 0.3 is 5.97 Å². The molecule has 0 bridgehead atoms. The fourth-order valence-electron chi connectivity index (χ4n) is 2.37. The number of sulfonamides is 1. The maximum atomic E-state index is 12.6.